The summed E-state index contributed by atoms with van der Waals surface area (Å²) in [5.41, 5.74) is 5.23. The molecule has 0 atom stereocenters. The Bertz CT molecular complexity index is 698. The molecule has 1 aromatic heterocycles. The first-order valence-electron chi connectivity index (χ1n) is 8.14. The first-order valence-corrected chi connectivity index (χ1v) is 8.14. The number of guanidine groups is 1. The van der Waals surface area contributed by atoms with Gasteiger partial charge in [-0.1, -0.05) is 18.2 Å². The molecule has 0 fully saturated rings. The topological polar surface area (TPSA) is 62.5 Å². The van der Waals surface area contributed by atoms with Gasteiger partial charge < -0.3 is 15.1 Å². The molecule has 1 heterocycles. The van der Waals surface area contributed by atoms with Gasteiger partial charge in [-0.25, -0.2) is 4.98 Å². The van der Waals surface area contributed by atoms with E-state index in [1.54, 1.807) is 7.05 Å². The van der Waals surface area contributed by atoms with Gasteiger partial charge in [-0.05, 0) is 49.8 Å². The van der Waals surface area contributed by atoms with Gasteiger partial charge in [0.1, 0.15) is 5.76 Å². The molecule has 122 valence electrons. The van der Waals surface area contributed by atoms with Crippen LogP contribution in [0.1, 0.15) is 40.5 Å². The number of aryl methyl sites for hydroxylation is 4. The van der Waals surface area contributed by atoms with Crippen LogP contribution in [0.25, 0.3) is 0 Å². The highest BCUT2D eigenvalue weighted by Gasteiger charge is 2.11. The minimum Gasteiger partial charge on any atom is -0.444 e. The van der Waals surface area contributed by atoms with Crippen molar-refractivity contribution in [2.75, 3.05) is 7.05 Å². The van der Waals surface area contributed by atoms with Gasteiger partial charge in [-0.15, -0.1) is 0 Å². The number of rotatable bonds is 4. The second kappa shape index (κ2) is 6.86. The molecule has 5 nitrogen and oxygen atoms in total. The Morgan fingerprint density at radius 3 is 2.70 bits per heavy atom. The zero-order valence-electron chi connectivity index (χ0n) is 14.1. The summed E-state index contributed by atoms with van der Waals surface area (Å²) in [6.45, 7) is 5.16. The van der Waals surface area contributed by atoms with Crippen molar-refractivity contribution in [3.8, 4) is 0 Å². The van der Waals surface area contributed by atoms with Crippen LogP contribution >= 0.6 is 0 Å². The number of hydrogen-bond acceptors (Lipinski definition) is 3. The van der Waals surface area contributed by atoms with Gasteiger partial charge in [-0.2, -0.15) is 0 Å². The van der Waals surface area contributed by atoms with Crippen LogP contribution in [-0.2, 0) is 25.9 Å². The molecular weight excluding hydrogens is 288 g/mol. The Morgan fingerprint density at radius 1 is 1.17 bits per heavy atom. The van der Waals surface area contributed by atoms with Crippen molar-refractivity contribution in [3.63, 3.8) is 0 Å². The van der Waals surface area contributed by atoms with Gasteiger partial charge >= 0.3 is 0 Å². The average Bonchev–Trinajstić information content (AvgIpc) is 3.14. The van der Waals surface area contributed by atoms with Gasteiger partial charge in [0.25, 0.3) is 0 Å². The Labute approximate surface area is 137 Å². The van der Waals surface area contributed by atoms with Crippen molar-refractivity contribution >= 4 is 5.96 Å². The van der Waals surface area contributed by atoms with E-state index in [0.29, 0.717) is 12.4 Å². The van der Waals surface area contributed by atoms with Gasteiger partial charge in [0, 0.05) is 13.6 Å². The first-order chi connectivity index (χ1) is 11.2. The molecule has 5 heteroatoms. The lowest BCUT2D eigenvalue weighted by Crippen LogP contribution is -2.36. The zero-order valence-corrected chi connectivity index (χ0v) is 14.1. The molecule has 1 aliphatic rings. The number of nitrogens with one attached hydrogen (secondary N) is 2. The predicted octanol–water partition coefficient (Wildman–Crippen LogP) is 2.65. The summed E-state index contributed by atoms with van der Waals surface area (Å²) >= 11 is 0. The normalized spacial score (nSPS) is 14.0. The third-order valence-corrected chi connectivity index (χ3v) is 4.33. The predicted molar refractivity (Wildman–Crippen MR) is 91.5 cm³/mol. The first kappa shape index (κ1) is 15.6. The van der Waals surface area contributed by atoms with E-state index in [1.165, 1.54) is 36.0 Å². The van der Waals surface area contributed by atoms with E-state index < -0.39 is 0 Å². The average molecular weight is 312 g/mol. The molecule has 0 spiro atoms. The Kier molecular flexibility index (Phi) is 4.65. The summed E-state index contributed by atoms with van der Waals surface area (Å²) in [6.07, 6.45) is 3.71. The van der Waals surface area contributed by atoms with E-state index in [0.717, 1.165) is 24.0 Å². The lowest BCUT2D eigenvalue weighted by atomic mass is 10.1. The molecule has 0 unspecified atom stereocenters. The monoisotopic (exact) mass is 312 g/mol. The smallest absolute Gasteiger partial charge is 0.214 e. The fourth-order valence-corrected chi connectivity index (χ4v) is 2.92. The van der Waals surface area contributed by atoms with E-state index >= 15 is 0 Å². The fourth-order valence-electron chi connectivity index (χ4n) is 2.92. The highest BCUT2D eigenvalue weighted by molar-refractivity contribution is 5.79. The molecule has 0 saturated heterocycles. The standard InChI is InChI=1S/C18H24N4O/c1-12-13(2)23-17(22-12)11-21-18(19-3)20-10-14-7-8-15-5-4-6-16(15)9-14/h7-9H,4-6,10-11H2,1-3H3,(H2,19,20,21). The highest BCUT2D eigenvalue weighted by atomic mass is 16.4. The Morgan fingerprint density at radius 2 is 1.96 bits per heavy atom. The molecule has 0 radical (unpaired) electrons. The molecule has 1 aliphatic carbocycles. The van der Waals surface area contributed by atoms with Crippen LogP contribution in [0.15, 0.2) is 27.6 Å². The Hall–Kier alpha value is -2.30. The number of hydrogen-bond donors (Lipinski definition) is 2. The summed E-state index contributed by atoms with van der Waals surface area (Å²) in [5, 5.41) is 6.57. The molecule has 0 saturated carbocycles. The number of aromatic nitrogens is 1. The molecule has 3 rings (SSSR count). The van der Waals surface area contributed by atoms with Gasteiger partial charge in [0.15, 0.2) is 5.96 Å². The minimum absolute atomic E-state index is 0.526. The maximum Gasteiger partial charge on any atom is 0.214 e. The van der Waals surface area contributed by atoms with Gasteiger partial charge in [0.05, 0.1) is 12.2 Å². The molecule has 0 bridgehead atoms. The fraction of sp³-hybridized carbons (Fsp3) is 0.444. The maximum atomic E-state index is 5.57. The maximum absolute atomic E-state index is 5.57. The van der Waals surface area contributed by atoms with E-state index in [-0.39, 0.29) is 0 Å². The lowest BCUT2D eigenvalue weighted by molar-refractivity contribution is 0.463. The van der Waals surface area contributed by atoms with Crippen molar-refractivity contribution in [2.45, 2.75) is 46.2 Å². The summed E-state index contributed by atoms with van der Waals surface area (Å²) in [6, 6.07) is 6.77. The summed E-state index contributed by atoms with van der Waals surface area (Å²) in [7, 11) is 1.77. The number of oxazole rings is 1. The van der Waals surface area contributed by atoms with Crippen molar-refractivity contribution < 1.29 is 4.42 Å². The molecule has 0 aliphatic heterocycles. The van der Waals surface area contributed by atoms with Crippen molar-refractivity contribution in [1.82, 2.24) is 15.6 Å². The van der Waals surface area contributed by atoms with E-state index in [1.807, 2.05) is 13.8 Å². The van der Waals surface area contributed by atoms with E-state index in [4.69, 9.17) is 4.42 Å². The second-order valence-corrected chi connectivity index (χ2v) is 5.99. The van der Waals surface area contributed by atoms with Crippen LogP contribution in [0.2, 0.25) is 0 Å². The molecule has 1 aromatic carbocycles. The zero-order chi connectivity index (χ0) is 16.2. The number of aliphatic imine (C=N–C) groups is 1. The number of fused-ring (bicyclic) bond motifs is 1. The van der Waals surface area contributed by atoms with Crippen LogP contribution in [0.3, 0.4) is 0 Å². The van der Waals surface area contributed by atoms with Crippen molar-refractivity contribution in [1.29, 1.82) is 0 Å². The minimum atomic E-state index is 0.526. The van der Waals surface area contributed by atoms with Gasteiger partial charge in [-0.3, -0.25) is 4.99 Å². The quantitative estimate of drug-likeness (QED) is 0.673. The van der Waals surface area contributed by atoms with Crippen LogP contribution in [0, 0.1) is 13.8 Å². The van der Waals surface area contributed by atoms with E-state index in [2.05, 4.69) is 38.8 Å². The third kappa shape index (κ3) is 3.73. The molecule has 23 heavy (non-hydrogen) atoms. The van der Waals surface area contributed by atoms with Crippen LogP contribution in [0.5, 0.6) is 0 Å². The largest absolute Gasteiger partial charge is 0.444 e. The lowest BCUT2D eigenvalue weighted by Gasteiger charge is -2.11. The number of benzene rings is 1. The Balaban J connectivity index is 1.53. The summed E-state index contributed by atoms with van der Waals surface area (Å²) in [5.74, 6) is 2.29. The van der Waals surface area contributed by atoms with Crippen LogP contribution < -0.4 is 10.6 Å². The summed E-state index contributed by atoms with van der Waals surface area (Å²) in [4.78, 5) is 8.61. The third-order valence-electron chi connectivity index (χ3n) is 4.33. The highest BCUT2D eigenvalue weighted by Crippen LogP contribution is 2.22. The molecule has 0 amide bonds. The number of nitrogens with zero attached hydrogens (tertiary/aromatic N) is 2. The SMILES string of the molecule is CN=C(NCc1ccc2c(c1)CCC2)NCc1nc(C)c(C)o1. The van der Waals surface area contributed by atoms with Crippen molar-refractivity contribution in [2.24, 2.45) is 4.99 Å². The van der Waals surface area contributed by atoms with Gasteiger partial charge in [0.2, 0.25) is 5.89 Å². The van der Waals surface area contributed by atoms with Crippen LogP contribution in [0.4, 0.5) is 0 Å². The summed E-state index contributed by atoms with van der Waals surface area (Å²) < 4.78 is 5.57. The molecule has 2 N–H and O–H groups in total. The van der Waals surface area contributed by atoms with Crippen molar-refractivity contribution in [3.05, 3.63) is 52.2 Å². The van der Waals surface area contributed by atoms with Crippen LogP contribution in [-0.4, -0.2) is 18.0 Å². The molecular formula is C18H24N4O. The molecule has 2 aromatic rings. The van der Waals surface area contributed by atoms with E-state index in [9.17, 15) is 0 Å². The second-order valence-electron chi connectivity index (χ2n) is 5.99.